The third-order valence-corrected chi connectivity index (χ3v) is 6.27. The Bertz CT molecular complexity index is 308. The van der Waals surface area contributed by atoms with Gasteiger partial charge in [-0.05, 0) is 38.6 Å². The molecule has 1 rings (SSSR count). The lowest BCUT2D eigenvalue weighted by Gasteiger charge is -2.16. The van der Waals surface area contributed by atoms with E-state index in [1.807, 2.05) is 6.92 Å². The van der Waals surface area contributed by atoms with Crippen LogP contribution in [0.2, 0.25) is 0 Å². The summed E-state index contributed by atoms with van der Waals surface area (Å²) in [7, 11) is -2.90. The fraction of sp³-hybridized carbons (Fsp3) is 1.00. The van der Waals surface area contributed by atoms with Crippen molar-refractivity contribution < 1.29 is 8.42 Å². The molecule has 1 fully saturated rings. The molecular weight excluding hydrogens is 246 g/mol. The number of hydrogen-bond acceptors (Lipinski definition) is 3. The predicted molar refractivity (Wildman–Crippen MR) is 77.6 cm³/mol. The molecule has 0 aromatic rings. The van der Waals surface area contributed by atoms with Crippen molar-refractivity contribution in [2.24, 2.45) is 5.92 Å². The fourth-order valence-corrected chi connectivity index (χ4v) is 4.29. The molecule has 108 valence electrons. The van der Waals surface area contributed by atoms with Gasteiger partial charge in [0.2, 0.25) is 0 Å². The van der Waals surface area contributed by atoms with Crippen LogP contribution in [0.25, 0.3) is 0 Å². The zero-order valence-electron chi connectivity index (χ0n) is 12.0. The Morgan fingerprint density at radius 2 is 1.89 bits per heavy atom. The van der Waals surface area contributed by atoms with E-state index < -0.39 is 9.84 Å². The lowest BCUT2D eigenvalue weighted by Crippen LogP contribution is -2.34. The van der Waals surface area contributed by atoms with Gasteiger partial charge in [-0.2, -0.15) is 0 Å². The van der Waals surface area contributed by atoms with Crippen LogP contribution in [0, 0.1) is 5.92 Å². The van der Waals surface area contributed by atoms with Crippen molar-refractivity contribution in [3.63, 3.8) is 0 Å². The van der Waals surface area contributed by atoms with Crippen LogP contribution in [0.5, 0.6) is 0 Å². The summed E-state index contributed by atoms with van der Waals surface area (Å²) in [4.78, 5) is 0. The standard InChI is InChI=1S/C14H29NO2S/c1-3-4-7-10-15-11-13(2)18(16,17)12-14-8-5-6-9-14/h13-15H,3-12H2,1-2H3. The molecule has 0 spiro atoms. The average Bonchev–Trinajstić information content (AvgIpc) is 2.80. The molecule has 0 amide bonds. The van der Waals surface area contributed by atoms with E-state index in [9.17, 15) is 8.42 Å². The van der Waals surface area contributed by atoms with E-state index in [1.54, 1.807) is 0 Å². The molecule has 3 nitrogen and oxygen atoms in total. The molecule has 1 atom stereocenters. The van der Waals surface area contributed by atoms with E-state index >= 15 is 0 Å². The molecule has 1 unspecified atom stereocenters. The SMILES string of the molecule is CCCCCNCC(C)S(=O)(=O)CC1CCCC1. The van der Waals surface area contributed by atoms with E-state index in [1.165, 1.54) is 25.7 Å². The molecule has 4 heteroatoms. The van der Waals surface area contributed by atoms with Crippen molar-refractivity contribution in [2.75, 3.05) is 18.8 Å². The largest absolute Gasteiger partial charge is 0.315 e. The molecule has 0 aliphatic heterocycles. The van der Waals surface area contributed by atoms with E-state index in [4.69, 9.17) is 0 Å². The molecule has 0 saturated heterocycles. The third-order valence-electron chi connectivity index (χ3n) is 3.94. The second-order valence-electron chi connectivity index (χ2n) is 5.70. The van der Waals surface area contributed by atoms with Crippen molar-refractivity contribution in [1.29, 1.82) is 0 Å². The van der Waals surface area contributed by atoms with Gasteiger partial charge in [-0.3, -0.25) is 0 Å². The maximum absolute atomic E-state index is 12.2. The maximum atomic E-state index is 12.2. The molecule has 18 heavy (non-hydrogen) atoms. The first-order valence-electron chi connectivity index (χ1n) is 7.48. The van der Waals surface area contributed by atoms with Crippen LogP contribution in [0.1, 0.15) is 58.8 Å². The summed E-state index contributed by atoms with van der Waals surface area (Å²) in [5.74, 6) is 0.836. The van der Waals surface area contributed by atoms with Gasteiger partial charge in [0.05, 0.1) is 11.0 Å². The predicted octanol–water partition coefficient (Wildman–Crippen LogP) is 2.76. The van der Waals surface area contributed by atoms with E-state index in [-0.39, 0.29) is 5.25 Å². The molecular formula is C14H29NO2S. The number of unbranched alkanes of at least 4 members (excludes halogenated alkanes) is 2. The highest BCUT2D eigenvalue weighted by molar-refractivity contribution is 7.92. The molecule has 0 aromatic carbocycles. The average molecular weight is 275 g/mol. The van der Waals surface area contributed by atoms with Crippen molar-refractivity contribution >= 4 is 9.84 Å². The third kappa shape index (κ3) is 5.70. The first-order chi connectivity index (χ1) is 8.56. The highest BCUT2D eigenvalue weighted by atomic mass is 32.2. The van der Waals surface area contributed by atoms with Gasteiger partial charge in [0, 0.05) is 6.54 Å². The molecule has 0 radical (unpaired) electrons. The number of nitrogens with one attached hydrogen (secondary N) is 1. The molecule has 1 aliphatic carbocycles. The van der Waals surface area contributed by atoms with Crippen LogP contribution in [0.4, 0.5) is 0 Å². The van der Waals surface area contributed by atoms with Crippen LogP contribution in [0.15, 0.2) is 0 Å². The molecule has 1 aliphatic rings. The summed E-state index contributed by atoms with van der Waals surface area (Å²) >= 11 is 0. The zero-order valence-corrected chi connectivity index (χ0v) is 12.8. The minimum Gasteiger partial charge on any atom is -0.315 e. The quantitative estimate of drug-likeness (QED) is 0.658. The highest BCUT2D eigenvalue weighted by Crippen LogP contribution is 2.26. The summed E-state index contributed by atoms with van der Waals surface area (Å²) in [6.45, 7) is 5.57. The zero-order chi connectivity index (χ0) is 13.4. The first kappa shape index (κ1) is 16.0. The van der Waals surface area contributed by atoms with Gasteiger partial charge in [0.15, 0.2) is 9.84 Å². The lowest BCUT2D eigenvalue weighted by molar-refractivity contribution is 0.539. The number of sulfone groups is 1. The number of hydrogen-bond donors (Lipinski definition) is 1. The first-order valence-corrected chi connectivity index (χ1v) is 9.20. The van der Waals surface area contributed by atoms with Gasteiger partial charge in [0.1, 0.15) is 0 Å². The Morgan fingerprint density at radius 1 is 1.22 bits per heavy atom. The molecule has 0 heterocycles. The minimum atomic E-state index is -2.90. The Hall–Kier alpha value is -0.0900. The van der Waals surface area contributed by atoms with E-state index in [0.717, 1.165) is 25.8 Å². The normalized spacial score (nSPS) is 19.2. The second kappa shape index (κ2) is 8.16. The van der Waals surface area contributed by atoms with E-state index in [0.29, 0.717) is 18.2 Å². The van der Waals surface area contributed by atoms with Crippen LogP contribution in [-0.4, -0.2) is 32.5 Å². The van der Waals surface area contributed by atoms with Crippen LogP contribution >= 0.6 is 0 Å². The second-order valence-corrected chi connectivity index (χ2v) is 8.17. The van der Waals surface area contributed by atoms with Gasteiger partial charge < -0.3 is 5.32 Å². The van der Waals surface area contributed by atoms with Gasteiger partial charge in [0.25, 0.3) is 0 Å². The van der Waals surface area contributed by atoms with Gasteiger partial charge >= 0.3 is 0 Å². The summed E-state index contributed by atoms with van der Waals surface area (Å²) in [5, 5.41) is 3.04. The van der Waals surface area contributed by atoms with Crippen molar-refractivity contribution in [3.05, 3.63) is 0 Å². The minimum absolute atomic E-state index is 0.236. The Labute approximate surface area is 113 Å². The molecule has 1 N–H and O–H groups in total. The van der Waals surface area contributed by atoms with Gasteiger partial charge in [-0.25, -0.2) is 8.42 Å². The van der Waals surface area contributed by atoms with Crippen molar-refractivity contribution in [2.45, 2.75) is 64.0 Å². The Balaban J connectivity index is 2.23. The lowest BCUT2D eigenvalue weighted by atomic mass is 10.1. The molecule has 0 bridgehead atoms. The van der Waals surface area contributed by atoms with Crippen LogP contribution in [0.3, 0.4) is 0 Å². The smallest absolute Gasteiger partial charge is 0.154 e. The molecule has 0 aromatic heterocycles. The maximum Gasteiger partial charge on any atom is 0.154 e. The Morgan fingerprint density at radius 3 is 2.50 bits per heavy atom. The molecule has 1 saturated carbocycles. The summed E-state index contributed by atoms with van der Waals surface area (Å²) in [6.07, 6.45) is 8.21. The number of rotatable bonds is 9. The van der Waals surface area contributed by atoms with E-state index in [2.05, 4.69) is 12.2 Å². The summed E-state index contributed by atoms with van der Waals surface area (Å²) < 4.78 is 24.3. The fourth-order valence-electron chi connectivity index (χ4n) is 2.60. The highest BCUT2D eigenvalue weighted by Gasteiger charge is 2.26. The summed E-state index contributed by atoms with van der Waals surface area (Å²) in [5.41, 5.74) is 0. The van der Waals surface area contributed by atoms with Gasteiger partial charge in [-0.15, -0.1) is 0 Å². The van der Waals surface area contributed by atoms with Crippen molar-refractivity contribution in [1.82, 2.24) is 5.32 Å². The van der Waals surface area contributed by atoms with Gasteiger partial charge in [-0.1, -0.05) is 32.6 Å². The monoisotopic (exact) mass is 275 g/mol. The van der Waals surface area contributed by atoms with Crippen LogP contribution in [-0.2, 0) is 9.84 Å². The topological polar surface area (TPSA) is 46.2 Å². The summed E-state index contributed by atoms with van der Waals surface area (Å²) in [6, 6.07) is 0. The van der Waals surface area contributed by atoms with Crippen molar-refractivity contribution in [3.8, 4) is 0 Å². The van der Waals surface area contributed by atoms with Crippen LogP contribution < -0.4 is 5.32 Å². The Kier molecular flexibility index (Phi) is 7.23.